The first-order chi connectivity index (χ1) is 16.7. The monoisotopic (exact) mass is 477 g/mol. The van der Waals surface area contributed by atoms with Gasteiger partial charge < -0.3 is 19.5 Å². The summed E-state index contributed by atoms with van der Waals surface area (Å²) in [7, 11) is -0.402. The lowest BCUT2D eigenvalue weighted by atomic mass is 9.72. The number of piperidine rings is 2. The Hall–Kier alpha value is -1.41. The van der Waals surface area contributed by atoms with Crippen molar-refractivity contribution in [3.05, 3.63) is 23.8 Å². The predicted octanol–water partition coefficient (Wildman–Crippen LogP) is 2.97. The fourth-order valence-electron chi connectivity index (χ4n) is 7.88. The maximum absolute atomic E-state index is 14.2. The number of likely N-dealkylation sites (tertiary alicyclic amines) is 1. The Labute approximate surface area is 210 Å². The number of anilines is 1. The van der Waals surface area contributed by atoms with Crippen LogP contribution in [0.3, 0.4) is 0 Å². The van der Waals surface area contributed by atoms with E-state index in [2.05, 4.69) is 61.0 Å². The van der Waals surface area contributed by atoms with Gasteiger partial charge in [0.25, 0.3) is 0 Å². The molecule has 7 rings (SSSR count). The molecule has 2 bridgehead atoms. The van der Waals surface area contributed by atoms with Gasteiger partial charge in [-0.25, -0.2) is 0 Å². The van der Waals surface area contributed by atoms with Crippen LogP contribution in [0.1, 0.15) is 78.2 Å². The predicted molar refractivity (Wildman–Crippen MR) is 138 cm³/mol. The van der Waals surface area contributed by atoms with Crippen molar-refractivity contribution in [1.82, 2.24) is 10.2 Å². The maximum atomic E-state index is 14.2. The average molecular weight is 477 g/mol. The second-order valence-corrected chi connectivity index (χ2v) is 13.2. The van der Waals surface area contributed by atoms with Gasteiger partial charge in [-0.05, 0) is 109 Å². The van der Waals surface area contributed by atoms with E-state index in [1.807, 2.05) is 0 Å². The number of nitrogens with one attached hydrogen (secondary N) is 1. The van der Waals surface area contributed by atoms with Crippen molar-refractivity contribution in [3.63, 3.8) is 0 Å². The van der Waals surface area contributed by atoms with E-state index in [9.17, 15) is 4.79 Å². The maximum Gasteiger partial charge on any atom is 0.494 e. The molecule has 1 N–H and O–H groups in total. The minimum atomic E-state index is -0.402. The number of rotatable bonds is 3. The molecule has 1 spiro atoms. The minimum absolute atomic E-state index is 0.313. The molecule has 2 aliphatic carbocycles. The number of fused-ring (bicyclic) bond motifs is 4. The lowest BCUT2D eigenvalue weighted by Crippen LogP contribution is -2.58. The Morgan fingerprint density at radius 1 is 0.943 bits per heavy atom. The molecule has 35 heavy (non-hydrogen) atoms. The highest BCUT2D eigenvalue weighted by atomic mass is 16.7. The molecule has 1 aromatic carbocycles. The zero-order chi connectivity index (χ0) is 24.2. The third-order valence-corrected chi connectivity index (χ3v) is 10.8. The number of hydrogen-bond acceptors (Lipinski definition) is 5. The molecule has 4 aliphatic heterocycles. The van der Waals surface area contributed by atoms with E-state index >= 15 is 0 Å². The lowest BCUT2D eigenvalue weighted by molar-refractivity contribution is -0.125. The van der Waals surface area contributed by atoms with Crippen molar-refractivity contribution in [1.29, 1.82) is 0 Å². The summed E-state index contributed by atoms with van der Waals surface area (Å²) in [6, 6.07) is 8.35. The number of carbonyl (C=O) groups is 1. The zero-order valence-corrected chi connectivity index (χ0v) is 21.8. The van der Waals surface area contributed by atoms with Crippen molar-refractivity contribution >= 4 is 24.2 Å². The molecule has 4 heterocycles. The fraction of sp³-hybridized carbons (Fsp3) is 0.750. The van der Waals surface area contributed by atoms with Gasteiger partial charge in [0, 0.05) is 30.4 Å². The summed E-state index contributed by atoms with van der Waals surface area (Å²) in [4.78, 5) is 19.2. The van der Waals surface area contributed by atoms with Gasteiger partial charge in [0.2, 0.25) is 5.91 Å². The van der Waals surface area contributed by atoms with E-state index in [1.54, 1.807) is 0 Å². The first-order valence-electron chi connectivity index (χ1n) is 14.0. The Balaban J connectivity index is 1.19. The van der Waals surface area contributed by atoms with Gasteiger partial charge in [0.15, 0.2) is 0 Å². The van der Waals surface area contributed by atoms with E-state index in [0.717, 1.165) is 61.9 Å². The van der Waals surface area contributed by atoms with Crippen molar-refractivity contribution in [3.8, 4) is 0 Å². The van der Waals surface area contributed by atoms with Gasteiger partial charge in [-0.1, -0.05) is 12.1 Å². The molecule has 6 nitrogen and oxygen atoms in total. The van der Waals surface area contributed by atoms with Crippen LogP contribution in [0.2, 0.25) is 0 Å². The van der Waals surface area contributed by atoms with Gasteiger partial charge in [0.05, 0.1) is 16.6 Å². The first kappa shape index (κ1) is 22.8. The van der Waals surface area contributed by atoms with E-state index in [4.69, 9.17) is 9.31 Å². The van der Waals surface area contributed by atoms with Crippen molar-refractivity contribution in [2.75, 3.05) is 24.5 Å². The molecule has 7 heteroatoms. The Morgan fingerprint density at radius 2 is 1.66 bits per heavy atom. The second kappa shape index (κ2) is 7.56. The molecule has 3 saturated heterocycles. The van der Waals surface area contributed by atoms with E-state index in [1.165, 1.54) is 31.4 Å². The van der Waals surface area contributed by atoms with Crippen LogP contribution in [-0.2, 0) is 19.5 Å². The lowest BCUT2D eigenvalue weighted by Gasteiger charge is -2.48. The van der Waals surface area contributed by atoms with Crippen molar-refractivity contribution in [2.45, 2.75) is 107 Å². The van der Waals surface area contributed by atoms with Crippen LogP contribution in [0.5, 0.6) is 0 Å². The Morgan fingerprint density at radius 3 is 2.29 bits per heavy atom. The van der Waals surface area contributed by atoms with Gasteiger partial charge >= 0.3 is 7.12 Å². The number of benzene rings is 1. The first-order valence-corrected chi connectivity index (χ1v) is 14.0. The highest BCUT2D eigenvalue weighted by Gasteiger charge is 2.57. The largest absolute Gasteiger partial charge is 0.494 e. The smallest absolute Gasteiger partial charge is 0.399 e. The van der Waals surface area contributed by atoms with Crippen LogP contribution in [0.25, 0.3) is 0 Å². The number of carbonyl (C=O) groups excluding carboxylic acids is 1. The summed E-state index contributed by atoms with van der Waals surface area (Å²) in [6.07, 6.45) is 8.21. The molecule has 2 saturated carbocycles. The Bertz CT molecular complexity index is 1030. The quantitative estimate of drug-likeness (QED) is 0.679. The SMILES string of the molecule is CC1(C)OB(c2ccc3c(c2)N(C2CC(N4C[C@H]5CC[C@@H]4C5)C2)C(=O)C32CCNCC2)OC1(C)C. The number of amides is 1. The molecule has 0 aromatic heterocycles. The van der Waals surface area contributed by atoms with E-state index in [-0.39, 0.29) is 16.6 Å². The molecule has 1 amide bonds. The molecule has 1 aromatic rings. The molecular weight excluding hydrogens is 437 g/mol. The van der Waals surface area contributed by atoms with Crippen LogP contribution in [-0.4, -0.2) is 66.9 Å². The van der Waals surface area contributed by atoms with Crippen molar-refractivity contribution < 1.29 is 14.1 Å². The molecule has 2 atom stereocenters. The van der Waals surface area contributed by atoms with Crippen LogP contribution in [0, 0.1) is 5.92 Å². The summed E-state index contributed by atoms with van der Waals surface area (Å²) in [6.45, 7) is 11.5. The third kappa shape index (κ3) is 3.20. The molecule has 5 fully saturated rings. The third-order valence-electron chi connectivity index (χ3n) is 10.8. The minimum Gasteiger partial charge on any atom is -0.399 e. The standard InChI is InChI=1S/C28H40BN3O3/c1-26(2)27(3,4)35-29(34-26)19-6-8-23-24(14-19)32(25(33)28(23)9-11-30-12-10-28)22-15-21(16-22)31-17-18-5-7-20(31)13-18/h6,8,14,18,20-22,30H,5,7,9-13,15-17H2,1-4H3/t18-,20+,21?,22?/m0/s1. The van der Waals surface area contributed by atoms with Crippen LogP contribution in [0.15, 0.2) is 18.2 Å². The van der Waals surface area contributed by atoms with Crippen LogP contribution in [0.4, 0.5) is 5.69 Å². The van der Waals surface area contributed by atoms with Crippen molar-refractivity contribution in [2.24, 2.45) is 5.92 Å². The van der Waals surface area contributed by atoms with Gasteiger partial charge in [-0.2, -0.15) is 0 Å². The summed E-state index contributed by atoms with van der Waals surface area (Å²) in [5.74, 6) is 1.26. The summed E-state index contributed by atoms with van der Waals surface area (Å²) < 4.78 is 12.8. The number of hydrogen-bond donors (Lipinski definition) is 1. The summed E-state index contributed by atoms with van der Waals surface area (Å²) >= 11 is 0. The summed E-state index contributed by atoms with van der Waals surface area (Å²) in [5.41, 5.74) is 2.26. The normalized spacial score (nSPS) is 36.7. The Kier molecular flexibility index (Phi) is 4.92. The van der Waals surface area contributed by atoms with Crippen LogP contribution >= 0.6 is 0 Å². The highest BCUT2D eigenvalue weighted by molar-refractivity contribution is 6.62. The molecule has 188 valence electrons. The zero-order valence-electron chi connectivity index (χ0n) is 21.8. The van der Waals surface area contributed by atoms with Gasteiger partial charge in [-0.3, -0.25) is 9.69 Å². The van der Waals surface area contributed by atoms with E-state index in [0.29, 0.717) is 18.0 Å². The topological polar surface area (TPSA) is 54.0 Å². The fourth-order valence-corrected chi connectivity index (χ4v) is 7.88. The van der Waals surface area contributed by atoms with Gasteiger partial charge in [-0.15, -0.1) is 0 Å². The average Bonchev–Trinajstić information content (AvgIpc) is 3.52. The molecule has 0 unspecified atom stereocenters. The molecule has 0 radical (unpaired) electrons. The van der Waals surface area contributed by atoms with Gasteiger partial charge in [0.1, 0.15) is 0 Å². The number of nitrogens with zero attached hydrogens (tertiary/aromatic N) is 2. The molecular formula is C28H40BN3O3. The molecule has 6 aliphatic rings. The highest BCUT2D eigenvalue weighted by Crippen LogP contribution is 2.51. The second-order valence-electron chi connectivity index (χ2n) is 13.2. The van der Waals surface area contributed by atoms with Crippen LogP contribution < -0.4 is 15.7 Å². The summed E-state index contributed by atoms with van der Waals surface area (Å²) in [5, 5.41) is 3.48. The van der Waals surface area contributed by atoms with E-state index < -0.39 is 7.12 Å².